The SMILES string of the molecule is c1ccc(-c2ccc3c(c2)c2cc(-c4ccc5c(c4)c4ccccc4n5-c4ccc5c(c4)oc4ccccc45)ccc2n3-c2ccc3c(c2)C2(c4ccccc4-3)C3CC4CC(C3)CC2C4)cc1.c1ccc(-c2ccc3c(c2)c2cc(-c4ccc5c(c4)c4ccccc4n5-c4ccc5sc6ccccc6c5c4)ccc2n3-c2ccc3c(c2)C2(c4ccccc4-3)C3CC4CC(C3)CC2C4)cc1. The molecule has 18 aromatic carbocycles. The molecule has 34 rings (SSSR count). The topological polar surface area (TPSA) is 32.9 Å². The Morgan fingerprint density at radius 2 is 0.507 bits per heavy atom. The molecule has 6 aromatic heterocycles. The first-order chi connectivity index (χ1) is 66.3. The molecular formula is C128H92N4OS. The smallest absolute Gasteiger partial charge is 0.137 e. The van der Waals surface area contributed by atoms with Gasteiger partial charge in [-0.2, -0.15) is 0 Å². The highest BCUT2D eigenvalue weighted by Crippen LogP contribution is 2.72. The average Bonchev–Trinajstić information content (AvgIpc) is 1.50. The van der Waals surface area contributed by atoms with Gasteiger partial charge in [-0.05, 0) is 352 Å². The summed E-state index contributed by atoms with van der Waals surface area (Å²) in [6.45, 7) is 0. The molecule has 0 unspecified atom stereocenters. The van der Waals surface area contributed by atoms with Gasteiger partial charge in [0, 0.05) is 114 Å². The fourth-order valence-corrected chi connectivity index (χ4v) is 30.8. The van der Waals surface area contributed by atoms with Crippen LogP contribution in [0.5, 0.6) is 0 Å². The number of hydrogen-bond donors (Lipinski definition) is 0. The van der Waals surface area contributed by atoms with E-state index in [2.05, 4.69) is 400 Å². The van der Waals surface area contributed by atoms with Crippen LogP contribution in [0.4, 0.5) is 0 Å². The lowest BCUT2D eigenvalue weighted by Crippen LogP contribution is -2.55. The second-order valence-corrected chi connectivity index (χ2v) is 42.0. The minimum absolute atomic E-state index is 0.115. The maximum absolute atomic E-state index is 6.38. The van der Waals surface area contributed by atoms with Crippen LogP contribution in [-0.4, -0.2) is 18.3 Å². The van der Waals surface area contributed by atoms with Gasteiger partial charge in [0.25, 0.3) is 0 Å². The lowest BCUT2D eigenvalue weighted by molar-refractivity contribution is -0.0399. The zero-order valence-electron chi connectivity index (χ0n) is 74.2. The number of para-hydroxylation sites is 3. The summed E-state index contributed by atoms with van der Waals surface area (Å²) in [5.41, 5.74) is 38.9. The van der Waals surface area contributed by atoms with Crippen molar-refractivity contribution in [2.75, 3.05) is 0 Å². The maximum Gasteiger partial charge on any atom is 0.137 e. The average molecular weight is 1730 g/mol. The van der Waals surface area contributed by atoms with E-state index in [0.29, 0.717) is 0 Å². The van der Waals surface area contributed by atoms with Crippen molar-refractivity contribution in [2.45, 2.75) is 75.0 Å². The Balaban J connectivity index is 0.000000125. The summed E-state index contributed by atoms with van der Waals surface area (Å²) in [7, 11) is 0. The van der Waals surface area contributed by atoms with Gasteiger partial charge in [-0.15, -0.1) is 11.3 Å². The van der Waals surface area contributed by atoms with Gasteiger partial charge in [0.2, 0.25) is 0 Å². The zero-order chi connectivity index (χ0) is 87.1. The number of aromatic nitrogens is 4. The molecule has 24 aromatic rings. The van der Waals surface area contributed by atoms with E-state index in [9.17, 15) is 0 Å². The molecular weight excluding hydrogens is 1640 g/mol. The molecule has 2 spiro atoms. The van der Waals surface area contributed by atoms with Crippen molar-refractivity contribution in [1.82, 2.24) is 18.3 Å². The van der Waals surface area contributed by atoms with Gasteiger partial charge in [-0.3, -0.25) is 0 Å². The van der Waals surface area contributed by atoms with Gasteiger partial charge in [-0.25, -0.2) is 0 Å². The molecule has 6 heterocycles. The van der Waals surface area contributed by atoms with E-state index in [1.807, 2.05) is 17.4 Å². The minimum atomic E-state index is 0.115. The number of hydrogen-bond acceptors (Lipinski definition) is 2. The summed E-state index contributed by atoms with van der Waals surface area (Å²) in [5, 5.41) is 15.1. The van der Waals surface area contributed by atoms with Crippen LogP contribution in [0.25, 0.3) is 219 Å². The Morgan fingerprint density at radius 1 is 0.194 bits per heavy atom. The predicted octanol–water partition coefficient (Wildman–Crippen LogP) is 34.1. The Hall–Kier alpha value is -14.8. The van der Waals surface area contributed by atoms with Crippen molar-refractivity contribution in [3.63, 3.8) is 0 Å². The van der Waals surface area contributed by atoms with Crippen molar-refractivity contribution in [3.8, 4) is 89.5 Å². The van der Waals surface area contributed by atoms with Crippen LogP contribution in [0.3, 0.4) is 0 Å². The Kier molecular flexibility index (Phi) is 15.6. The van der Waals surface area contributed by atoms with E-state index >= 15 is 0 Å². The lowest BCUT2D eigenvalue weighted by Gasteiger charge is -2.61. The molecule has 0 atom stereocenters. The van der Waals surface area contributed by atoms with E-state index in [0.717, 1.165) is 75.0 Å². The highest BCUT2D eigenvalue weighted by molar-refractivity contribution is 7.25. The summed E-state index contributed by atoms with van der Waals surface area (Å²) in [6.07, 6.45) is 14.0. The van der Waals surface area contributed by atoms with E-state index in [1.165, 1.54) is 255 Å². The molecule has 636 valence electrons. The van der Waals surface area contributed by atoms with Gasteiger partial charge >= 0.3 is 0 Å². The highest BCUT2D eigenvalue weighted by Gasteiger charge is 2.63. The second-order valence-electron chi connectivity index (χ2n) is 41.0. The van der Waals surface area contributed by atoms with Gasteiger partial charge in [-0.1, -0.05) is 231 Å². The molecule has 0 amide bonds. The number of rotatable bonds is 8. The molecule has 8 fully saturated rings. The molecule has 10 aliphatic rings. The first kappa shape index (κ1) is 74.8. The molecule has 0 radical (unpaired) electrons. The van der Waals surface area contributed by atoms with Crippen LogP contribution >= 0.6 is 11.3 Å². The van der Waals surface area contributed by atoms with Gasteiger partial charge in [0.1, 0.15) is 11.2 Å². The molecule has 8 saturated carbocycles. The number of furan rings is 1. The first-order valence-corrected chi connectivity index (χ1v) is 49.8. The number of fused-ring (bicyclic) bond motifs is 24. The van der Waals surface area contributed by atoms with Crippen LogP contribution in [0.15, 0.2) is 393 Å². The summed E-state index contributed by atoms with van der Waals surface area (Å²) < 4.78 is 19.1. The van der Waals surface area contributed by atoms with E-state index in [1.54, 1.807) is 22.3 Å². The van der Waals surface area contributed by atoms with Crippen LogP contribution in [0, 0.1) is 47.3 Å². The summed E-state index contributed by atoms with van der Waals surface area (Å²) in [6, 6.07) is 147. The van der Waals surface area contributed by atoms with Crippen molar-refractivity contribution in [1.29, 1.82) is 0 Å². The standard InChI is InChI=1S/C64H46N2O.C64H46N2S/c1-2-10-40(11-3-1)41-18-25-60-54(33-41)55-35-43(42-19-26-59-53(34-42)50-13-5-8-16-58(50)66(59)47-22-24-52-51-14-6-9-17-62(51)67-63(52)37-47)20-27-61(55)65(60)46-21-23-49-48-12-4-7-15-56(48)64(57(49)36-46)44-29-38-28-39(31-44)32-45(64)30-38;1-2-10-40(11-3-1)41-18-24-60-53(33-41)54-35-43(42-19-25-59-52(34-42)50-13-5-8-16-58(50)65(59)46-22-27-63-55(36-46)51-14-6-9-17-62(51)67-63)20-26-61(54)66(60)47-21-23-49-48-12-4-7-15-56(48)64(57(49)37-47)44-29-38-28-39(31-44)32-45(64)30-38/h2*1-27,33-39,44-45H,28-32H2. The maximum atomic E-state index is 6.38. The zero-order valence-corrected chi connectivity index (χ0v) is 75.1. The van der Waals surface area contributed by atoms with Crippen molar-refractivity contribution in [2.24, 2.45) is 47.3 Å². The normalized spacial score (nSPS) is 21.5. The second kappa shape index (κ2) is 27.9. The third-order valence-corrected chi connectivity index (χ3v) is 35.7. The molecule has 0 N–H and O–H groups in total. The van der Waals surface area contributed by atoms with E-state index < -0.39 is 0 Å². The fourth-order valence-electron chi connectivity index (χ4n) is 29.7. The van der Waals surface area contributed by atoms with E-state index in [4.69, 9.17) is 4.42 Å². The Bertz CT molecular complexity index is 9130. The van der Waals surface area contributed by atoms with Crippen LogP contribution in [-0.2, 0) is 10.8 Å². The third-order valence-electron chi connectivity index (χ3n) is 34.6. The van der Waals surface area contributed by atoms with Gasteiger partial charge in [0.05, 0.1) is 44.1 Å². The van der Waals surface area contributed by atoms with E-state index in [-0.39, 0.29) is 10.8 Å². The van der Waals surface area contributed by atoms with Crippen molar-refractivity contribution in [3.05, 3.63) is 411 Å². The predicted molar refractivity (Wildman–Crippen MR) is 559 cm³/mol. The Morgan fingerprint density at radius 3 is 0.955 bits per heavy atom. The minimum Gasteiger partial charge on any atom is -0.456 e. The Labute approximate surface area is 780 Å². The number of benzene rings is 18. The number of thiophene rings is 1. The van der Waals surface area contributed by atoms with Crippen LogP contribution in [0.2, 0.25) is 0 Å². The summed E-state index contributed by atoms with van der Waals surface area (Å²) in [4.78, 5) is 0. The van der Waals surface area contributed by atoms with Crippen LogP contribution in [0.1, 0.15) is 86.5 Å². The highest BCUT2D eigenvalue weighted by atomic mass is 32.1. The first-order valence-electron chi connectivity index (χ1n) is 49.0. The van der Waals surface area contributed by atoms with Gasteiger partial charge in [0.15, 0.2) is 0 Å². The molecule has 134 heavy (non-hydrogen) atoms. The third kappa shape index (κ3) is 10.4. The quantitative estimate of drug-likeness (QED) is 0.149. The molecule has 5 nitrogen and oxygen atoms in total. The van der Waals surface area contributed by atoms with Crippen molar-refractivity contribution < 1.29 is 4.42 Å². The summed E-state index contributed by atoms with van der Waals surface area (Å²) >= 11 is 1.88. The molecule has 0 aliphatic heterocycles. The summed E-state index contributed by atoms with van der Waals surface area (Å²) in [5.74, 6) is 6.56. The monoisotopic (exact) mass is 1730 g/mol. The lowest BCUT2D eigenvalue weighted by atomic mass is 9.43. The fraction of sp³-hybridized carbons (Fsp3) is 0.156. The number of nitrogens with zero attached hydrogens (tertiary/aromatic N) is 4. The molecule has 6 heteroatoms. The molecule has 0 saturated heterocycles. The van der Waals surface area contributed by atoms with Crippen molar-refractivity contribution >= 4 is 141 Å². The molecule has 10 aliphatic carbocycles. The van der Waals surface area contributed by atoms with Gasteiger partial charge < -0.3 is 22.7 Å². The van der Waals surface area contributed by atoms with Crippen LogP contribution < -0.4 is 0 Å². The largest absolute Gasteiger partial charge is 0.456 e. The molecule has 8 bridgehead atoms.